The van der Waals surface area contributed by atoms with Crippen molar-refractivity contribution in [2.45, 2.75) is 69.5 Å². The Kier molecular flexibility index (Phi) is 6.41. The molecule has 0 spiro atoms. The minimum atomic E-state index is -0.338. The Balaban J connectivity index is 1.27. The molecule has 172 valence electrons. The molecule has 2 fully saturated rings. The van der Waals surface area contributed by atoms with Crippen molar-refractivity contribution in [3.63, 3.8) is 0 Å². The second-order valence-electron chi connectivity index (χ2n) is 8.55. The number of thiophene rings is 1. The summed E-state index contributed by atoms with van der Waals surface area (Å²) in [5, 5.41) is 13.3. The van der Waals surface area contributed by atoms with E-state index in [0.717, 1.165) is 61.9 Å². The maximum Gasteiger partial charge on any atom is 0.341 e. The van der Waals surface area contributed by atoms with Crippen molar-refractivity contribution < 1.29 is 14.3 Å². The third-order valence-electron chi connectivity index (χ3n) is 6.18. The monoisotopic (exact) mass is 475 g/mol. The zero-order valence-electron chi connectivity index (χ0n) is 18.4. The number of rotatable bonds is 8. The highest BCUT2D eigenvalue weighted by atomic mass is 32.2. The van der Waals surface area contributed by atoms with E-state index >= 15 is 0 Å². The molecule has 5 rings (SSSR count). The van der Waals surface area contributed by atoms with E-state index in [2.05, 4.69) is 25.0 Å². The minimum absolute atomic E-state index is 0.134. The van der Waals surface area contributed by atoms with Gasteiger partial charge in [-0.15, -0.1) is 21.5 Å². The van der Waals surface area contributed by atoms with Gasteiger partial charge >= 0.3 is 5.97 Å². The molecule has 10 heteroatoms. The van der Waals surface area contributed by atoms with E-state index in [1.807, 2.05) is 0 Å². The largest absolute Gasteiger partial charge is 0.462 e. The first kappa shape index (κ1) is 21.8. The van der Waals surface area contributed by atoms with Crippen molar-refractivity contribution in [1.82, 2.24) is 14.8 Å². The Morgan fingerprint density at radius 1 is 1.16 bits per heavy atom. The smallest absolute Gasteiger partial charge is 0.341 e. The van der Waals surface area contributed by atoms with Crippen LogP contribution in [0.25, 0.3) is 0 Å². The molecule has 2 aliphatic carbocycles. The number of ether oxygens (including phenoxy) is 1. The quantitative estimate of drug-likeness (QED) is 0.455. The first-order valence-corrected chi connectivity index (χ1v) is 13.4. The number of nitrogens with zero attached hydrogens (tertiary/aromatic N) is 4. The van der Waals surface area contributed by atoms with Crippen LogP contribution in [0.3, 0.4) is 0 Å². The van der Waals surface area contributed by atoms with Crippen molar-refractivity contribution in [2.75, 3.05) is 35.7 Å². The van der Waals surface area contributed by atoms with Gasteiger partial charge in [0.1, 0.15) is 5.00 Å². The minimum Gasteiger partial charge on any atom is -0.462 e. The number of hydrogen-bond acceptors (Lipinski definition) is 8. The van der Waals surface area contributed by atoms with Gasteiger partial charge in [-0.05, 0) is 63.9 Å². The number of fused-ring (bicyclic) bond motifs is 1. The molecule has 32 heavy (non-hydrogen) atoms. The van der Waals surface area contributed by atoms with E-state index in [4.69, 9.17) is 4.74 Å². The Morgan fingerprint density at radius 2 is 1.97 bits per heavy atom. The Morgan fingerprint density at radius 3 is 2.72 bits per heavy atom. The Bertz CT molecular complexity index is 1010. The van der Waals surface area contributed by atoms with Crippen molar-refractivity contribution in [3.05, 3.63) is 16.0 Å². The van der Waals surface area contributed by atoms with Crippen LogP contribution in [0.5, 0.6) is 0 Å². The maximum absolute atomic E-state index is 12.8. The summed E-state index contributed by atoms with van der Waals surface area (Å²) in [4.78, 5) is 28.9. The number of anilines is 2. The van der Waals surface area contributed by atoms with Crippen LogP contribution in [0, 0.1) is 0 Å². The summed E-state index contributed by atoms with van der Waals surface area (Å²) in [6.07, 6.45) is 8.81. The first-order valence-electron chi connectivity index (χ1n) is 11.6. The van der Waals surface area contributed by atoms with Gasteiger partial charge in [-0.25, -0.2) is 4.79 Å². The molecule has 3 aliphatic rings. The fraction of sp³-hybridized carbons (Fsp3) is 0.636. The fourth-order valence-electron chi connectivity index (χ4n) is 4.53. The summed E-state index contributed by atoms with van der Waals surface area (Å²) in [5.41, 5.74) is 1.60. The lowest BCUT2D eigenvalue weighted by molar-refractivity contribution is -0.113. The molecule has 1 saturated carbocycles. The maximum atomic E-state index is 12.8. The normalized spacial score (nSPS) is 18.0. The molecule has 1 saturated heterocycles. The molecule has 8 nitrogen and oxygen atoms in total. The van der Waals surface area contributed by atoms with Crippen LogP contribution in [0.4, 0.5) is 10.9 Å². The standard InChI is InChI=1S/C22H29N5O3S2/c1-2-30-20(29)18-15-7-6-8-16(15)32-19(18)23-17(28)13-31-22-25-24-21(27(22)14-9-10-14)26-11-4-3-5-12-26/h14H,2-13H2,1H3,(H,23,28). The van der Waals surface area contributed by atoms with Gasteiger partial charge in [0.25, 0.3) is 0 Å². The second-order valence-corrected chi connectivity index (χ2v) is 10.6. The number of nitrogens with one attached hydrogen (secondary N) is 1. The third-order valence-corrected chi connectivity index (χ3v) is 8.33. The van der Waals surface area contributed by atoms with Crippen LogP contribution in [-0.2, 0) is 22.4 Å². The van der Waals surface area contributed by atoms with Crippen molar-refractivity contribution in [3.8, 4) is 0 Å². The van der Waals surface area contributed by atoms with E-state index in [9.17, 15) is 9.59 Å². The van der Waals surface area contributed by atoms with E-state index in [-0.39, 0.29) is 17.6 Å². The number of aryl methyl sites for hydroxylation is 1. The summed E-state index contributed by atoms with van der Waals surface area (Å²) in [6, 6.07) is 0.447. The molecular weight excluding hydrogens is 446 g/mol. The molecule has 0 unspecified atom stereocenters. The number of hydrogen-bond donors (Lipinski definition) is 1. The highest BCUT2D eigenvalue weighted by Crippen LogP contribution is 2.42. The van der Waals surface area contributed by atoms with Crippen molar-refractivity contribution >= 4 is 45.9 Å². The number of thioether (sulfide) groups is 1. The molecule has 0 atom stereocenters. The average molecular weight is 476 g/mol. The summed E-state index contributed by atoms with van der Waals surface area (Å²) >= 11 is 2.93. The van der Waals surface area contributed by atoms with Gasteiger partial charge in [0.05, 0.1) is 17.9 Å². The van der Waals surface area contributed by atoms with Crippen LogP contribution in [0.1, 0.15) is 72.3 Å². The molecule has 0 bridgehead atoms. The van der Waals surface area contributed by atoms with Gasteiger partial charge < -0.3 is 15.0 Å². The van der Waals surface area contributed by atoms with E-state index in [1.54, 1.807) is 6.92 Å². The lowest BCUT2D eigenvalue weighted by Crippen LogP contribution is -2.32. The van der Waals surface area contributed by atoms with E-state index in [0.29, 0.717) is 23.2 Å². The number of carbonyl (C=O) groups excluding carboxylic acids is 2. The molecule has 1 aliphatic heterocycles. The van der Waals surface area contributed by atoms with Gasteiger partial charge in [-0.3, -0.25) is 9.36 Å². The fourth-order valence-corrected chi connectivity index (χ4v) is 6.63. The Labute approximate surface area is 196 Å². The molecule has 0 aromatic carbocycles. The lowest BCUT2D eigenvalue weighted by Gasteiger charge is -2.27. The highest BCUT2D eigenvalue weighted by Gasteiger charge is 2.33. The zero-order chi connectivity index (χ0) is 22.1. The number of piperidine rings is 1. The molecule has 3 heterocycles. The number of esters is 1. The van der Waals surface area contributed by atoms with Crippen LogP contribution < -0.4 is 10.2 Å². The molecular formula is C22H29N5O3S2. The summed E-state index contributed by atoms with van der Waals surface area (Å²) in [6.45, 7) is 4.17. The van der Waals surface area contributed by atoms with E-state index in [1.165, 1.54) is 47.2 Å². The molecule has 2 aromatic rings. The molecule has 2 aromatic heterocycles. The Hall–Kier alpha value is -2.07. The van der Waals surface area contributed by atoms with Gasteiger partial charge in [0.15, 0.2) is 5.16 Å². The number of aromatic nitrogens is 3. The van der Waals surface area contributed by atoms with Gasteiger partial charge in [0, 0.05) is 24.0 Å². The van der Waals surface area contributed by atoms with Crippen LogP contribution in [0.15, 0.2) is 5.16 Å². The molecule has 1 amide bonds. The van der Waals surface area contributed by atoms with Gasteiger partial charge in [-0.1, -0.05) is 11.8 Å². The van der Waals surface area contributed by atoms with Crippen LogP contribution in [-0.4, -0.2) is 52.1 Å². The summed E-state index contributed by atoms with van der Waals surface area (Å²) < 4.78 is 7.49. The van der Waals surface area contributed by atoms with Crippen molar-refractivity contribution in [1.29, 1.82) is 0 Å². The van der Waals surface area contributed by atoms with Crippen molar-refractivity contribution in [2.24, 2.45) is 0 Å². The van der Waals surface area contributed by atoms with Crippen LogP contribution >= 0.6 is 23.1 Å². The SMILES string of the molecule is CCOC(=O)c1c(NC(=O)CSc2nnc(N3CCCCC3)n2C2CC2)sc2c1CCC2. The van der Waals surface area contributed by atoms with E-state index < -0.39 is 0 Å². The third kappa shape index (κ3) is 4.39. The second kappa shape index (κ2) is 9.43. The van der Waals surface area contributed by atoms with Gasteiger partial charge in [0.2, 0.25) is 11.9 Å². The van der Waals surface area contributed by atoms with Gasteiger partial charge in [-0.2, -0.15) is 0 Å². The lowest BCUT2D eigenvalue weighted by atomic mass is 10.1. The predicted molar refractivity (Wildman–Crippen MR) is 126 cm³/mol. The summed E-state index contributed by atoms with van der Waals surface area (Å²) in [7, 11) is 0. The highest BCUT2D eigenvalue weighted by molar-refractivity contribution is 7.99. The predicted octanol–water partition coefficient (Wildman–Crippen LogP) is 4.06. The number of amides is 1. The average Bonchev–Trinajstić information content (AvgIpc) is 3.23. The van der Waals surface area contributed by atoms with Crippen LogP contribution in [0.2, 0.25) is 0 Å². The number of carbonyl (C=O) groups is 2. The molecule has 1 N–H and O–H groups in total. The molecule has 0 radical (unpaired) electrons. The topological polar surface area (TPSA) is 89.3 Å². The first-order chi connectivity index (χ1) is 15.7. The zero-order valence-corrected chi connectivity index (χ0v) is 20.0. The summed E-state index contributed by atoms with van der Waals surface area (Å²) in [5.74, 6) is 0.713.